The average molecular weight is 456 g/mol. The zero-order valence-electron chi connectivity index (χ0n) is 18.3. The highest BCUT2D eigenvalue weighted by molar-refractivity contribution is 6.02. The Balaban J connectivity index is 1.76. The molecule has 0 unspecified atom stereocenters. The number of halogens is 2. The van der Waals surface area contributed by atoms with Crippen LogP contribution in [0.4, 0.5) is 14.5 Å². The number of hydrogen-bond acceptors (Lipinski definition) is 5. The van der Waals surface area contributed by atoms with Gasteiger partial charge in [0.05, 0.1) is 16.8 Å². The van der Waals surface area contributed by atoms with Crippen LogP contribution in [0.1, 0.15) is 18.4 Å². The summed E-state index contributed by atoms with van der Waals surface area (Å²) in [4.78, 5) is 6.75. The molecular formula is C27H22F2N4O. The van der Waals surface area contributed by atoms with E-state index in [-0.39, 0.29) is 17.4 Å². The van der Waals surface area contributed by atoms with Crippen LogP contribution >= 0.6 is 0 Å². The number of pyridine rings is 1. The Morgan fingerprint density at radius 1 is 0.971 bits per heavy atom. The highest BCUT2D eigenvalue weighted by Crippen LogP contribution is 2.41. The molecular weight excluding hydrogens is 434 g/mol. The lowest BCUT2D eigenvalue weighted by atomic mass is 9.95. The van der Waals surface area contributed by atoms with Gasteiger partial charge in [-0.3, -0.25) is 4.98 Å². The van der Waals surface area contributed by atoms with E-state index in [4.69, 9.17) is 5.73 Å². The van der Waals surface area contributed by atoms with Gasteiger partial charge in [-0.25, -0.2) is 8.78 Å². The molecule has 1 aliphatic rings. The highest BCUT2D eigenvalue weighted by Gasteiger charge is 2.23. The van der Waals surface area contributed by atoms with Crippen molar-refractivity contribution in [3.05, 3.63) is 78.0 Å². The van der Waals surface area contributed by atoms with Gasteiger partial charge >= 0.3 is 0 Å². The van der Waals surface area contributed by atoms with Crippen molar-refractivity contribution in [1.29, 1.82) is 5.26 Å². The molecule has 2 heterocycles. The number of piperidine rings is 1. The lowest BCUT2D eigenvalue weighted by Crippen LogP contribution is -2.40. The first kappa shape index (κ1) is 21.8. The van der Waals surface area contributed by atoms with Crippen molar-refractivity contribution in [3.8, 4) is 34.1 Å². The number of nitriles is 1. The normalized spacial score (nSPS) is 14.4. The van der Waals surface area contributed by atoms with Crippen LogP contribution in [0, 0.1) is 23.0 Å². The lowest BCUT2D eigenvalue weighted by Gasteiger charge is -2.34. The number of anilines is 1. The first-order chi connectivity index (χ1) is 16.4. The van der Waals surface area contributed by atoms with Crippen LogP contribution in [-0.4, -0.2) is 29.2 Å². The molecule has 0 aliphatic carbocycles. The molecule has 0 bridgehead atoms. The number of aromatic hydroxyl groups is 1. The fraction of sp³-hybridized carbons (Fsp3) is 0.185. The molecule has 0 radical (unpaired) electrons. The number of benzene rings is 3. The molecule has 170 valence electrons. The number of aromatic nitrogens is 1. The minimum absolute atomic E-state index is 0.0915. The lowest BCUT2D eigenvalue weighted by molar-refractivity contribution is 0.475. The summed E-state index contributed by atoms with van der Waals surface area (Å²) < 4.78 is 28.2. The van der Waals surface area contributed by atoms with E-state index in [0.29, 0.717) is 40.9 Å². The first-order valence-corrected chi connectivity index (χ1v) is 11.1. The second-order valence-corrected chi connectivity index (χ2v) is 8.55. The molecule has 3 N–H and O–H groups in total. The number of para-hydroxylation sites is 1. The van der Waals surface area contributed by atoms with E-state index in [2.05, 4.69) is 9.88 Å². The van der Waals surface area contributed by atoms with E-state index in [1.54, 1.807) is 24.4 Å². The van der Waals surface area contributed by atoms with Gasteiger partial charge in [-0.15, -0.1) is 0 Å². The molecule has 1 saturated heterocycles. The van der Waals surface area contributed by atoms with Crippen molar-refractivity contribution in [2.24, 2.45) is 5.73 Å². The van der Waals surface area contributed by atoms with Gasteiger partial charge in [0.15, 0.2) is 0 Å². The smallest absolute Gasteiger partial charge is 0.141 e. The Bertz CT molecular complexity index is 1420. The van der Waals surface area contributed by atoms with Crippen LogP contribution in [0.15, 0.2) is 60.8 Å². The number of phenols is 1. The summed E-state index contributed by atoms with van der Waals surface area (Å²) in [6, 6.07) is 16.2. The Morgan fingerprint density at radius 2 is 1.71 bits per heavy atom. The molecule has 7 heteroatoms. The summed E-state index contributed by atoms with van der Waals surface area (Å²) in [5.74, 6) is -1.41. The SMILES string of the molecule is N#Cc1cccc(-c2ccc3ncc(-c4cc(F)cc(F)c4)c(N4CCC(N)CC4)c3c2)c1O. The van der Waals surface area contributed by atoms with Crippen molar-refractivity contribution < 1.29 is 13.9 Å². The maximum Gasteiger partial charge on any atom is 0.141 e. The highest BCUT2D eigenvalue weighted by atomic mass is 19.1. The van der Waals surface area contributed by atoms with E-state index in [1.807, 2.05) is 24.3 Å². The van der Waals surface area contributed by atoms with Gasteiger partial charge in [0.1, 0.15) is 23.5 Å². The number of fused-ring (bicyclic) bond motifs is 1. The van der Waals surface area contributed by atoms with E-state index in [9.17, 15) is 19.1 Å². The average Bonchev–Trinajstić information content (AvgIpc) is 2.83. The minimum atomic E-state index is -0.659. The van der Waals surface area contributed by atoms with Crippen LogP contribution in [0.5, 0.6) is 5.75 Å². The Labute approximate surface area is 195 Å². The van der Waals surface area contributed by atoms with Crippen LogP contribution in [0.2, 0.25) is 0 Å². The minimum Gasteiger partial charge on any atom is -0.506 e. The summed E-state index contributed by atoms with van der Waals surface area (Å²) in [6.07, 6.45) is 3.24. The van der Waals surface area contributed by atoms with Gasteiger partial charge in [-0.1, -0.05) is 18.2 Å². The van der Waals surface area contributed by atoms with Crippen molar-refractivity contribution >= 4 is 16.6 Å². The van der Waals surface area contributed by atoms with Crippen molar-refractivity contribution in [2.45, 2.75) is 18.9 Å². The second-order valence-electron chi connectivity index (χ2n) is 8.55. The van der Waals surface area contributed by atoms with E-state index < -0.39 is 11.6 Å². The Hall–Kier alpha value is -4.02. The Morgan fingerprint density at radius 3 is 2.41 bits per heavy atom. The second kappa shape index (κ2) is 8.73. The van der Waals surface area contributed by atoms with Crippen molar-refractivity contribution in [1.82, 2.24) is 4.98 Å². The van der Waals surface area contributed by atoms with Crippen LogP contribution in [-0.2, 0) is 0 Å². The number of nitrogens with two attached hydrogens (primary N) is 1. The summed E-state index contributed by atoms with van der Waals surface area (Å²) in [5, 5.41) is 20.7. The molecule has 1 aliphatic heterocycles. The predicted octanol–water partition coefficient (Wildman–Crippen LogP) is 5.35. The maximum atomic E-state index is 14.1. The molecule has 0 saturated carbocycles. The fourth-order valence-electron chi connectivity index (χ4n) is 4.60. The van der Waals surface area contributed by atoms with Gasteiger partial charge in [0.25, 0.3) is 0 Å². The standard InChI is InChI=1S/C27H22F2N4O/c28-19-10-18(11-20(29)13-19)24-15-32-25-5-4-16(22-3-1-2-17(14-30)27(22)34)12-23(25)26(24)33-8-6-21(31)7-9-33/h1-5,10-13,15,21,34H,6-9,31H2. The maximum absolute atomic E-state index is 14.1. The molecule has 0 atom stereocenters. The van der Waals surface area contributed by atoms with E-state index >= 15 is 0 Å². The molecule has 0 amide bonds. The monoisotopic (exact) mass is 456 g/mol. The van der Waals surface area contributed by atoms with Gasteiger partial charge in [-0.05, 0) is 54.3 Å². The molecule has 1 fully saturated rings. The third kappa shape index (κ3) is 3.93. The van der Waals surface area contributed by atoms with Gasteiger partial charge in [0.2, 0.25) is 0 Å². The van der Waals surface area contributed by atoms with E-state index in [0.717, 1.165) is 30.0 Å². The number of hydrogen-bond donors (Lipinski definition) is 2. The van der Waals surface area contributed by atoms with Gasteiger partial charge in [0, 0.05) is 47.9 Å². The molecule has 1 aromatic heterocycles. The number of rotatable bonds is 3. The molecule has 34 heavy (non-hydrogen) atoms. The van der Waals surface area contributed by atoms with Crippen molar-refractivity contribution in [3.63, 3.8) is 0 Å². The van der Waals surface area contributed by atoms with Crippen LogP contribution in [0.25, 0.3) is 33.2 Å². The first-order valence-electron chi connectivity index (χ1n) is 11.1. The molecule has 0 spiro atoms. The number of nitrogens with zero attached hydrogens (tertiary/aromatic N) is 3. The zero-order chi connectivity index (χ0) is 23.8. The molecule has 5 rings (SSSR count). The molecule has 4 aromatic rings. The zero-order valence-corrected chi connectivity index (χ0v) is 18.3. The summed E-state index contributed by atoms with van der Waals surface area (Å²) in [7, 11) is 0. The van der Waals surface area contributed by atoms with Gasteiger partial charge in [-0.2, -0.15) is 5.26 Å². The summed E-state index contributed by atoms with van der Waals surface area (Å²) >= 11 is 0. The van der Waals surface area contributed by atoms with Crippen LogP contribution < -0.4 is 10.6 Å². The van der Waals surface area contributed by atoms with E-state index in [1.165, 1.54) is 12.1 Å². The number of phenolic OH excluding ortho intramolecular Hbond substituents is 1. The summed E-state index contributed by atoms with van der Waals surface area (Å²) in [5.41, 5.74) is 10.1. The van der Waals surface area contributed by atoms with Gasteiger partial charge < -0.3 is 15.7 Å². The van der Waals surface area contributed by atoms with Crippen LogP contribution in [0.3, 0.4) is 0 Å². The summed E-state index contributed by atoms with van der Waals surface area (Å²) in [6.45, 7) is 1.40. The topological polar surface area (TPSA) is 86.2 Å². The predicted molar refractivity (Wildman–Crippen MR) is 128 cm³/mol. The third-order valence-electron chi connectivity index (χ3n) is 6.34. The molecule has 3 aromatic carbocycles. The fourth-order valence-corrected chi connectivity index (χ4v) is 4.60. The molecule has 5 nitrogen and oxygen atoms in total. The Kier molecular flexibility index (Phi) is 5.60. The quantitative estimate of drug-likeness (QED) is 0.434. The van der Waals surface area contributed by atoms with Crippen molar-refractivity contribution in [2.75, 3.05) is 18.0 Å². The largest absolute Gasteiger partial charge is 0.506 e. The third-order valence-corrected chi connectivity index (χ3v) is 6.34.